The van der Waals surface area contributed by atoms with Gasteiger partial charge in [-0.2, -0.15) is 5.41 Å². The summed E-state index contributed by atoms with van der Waals surface area (Å²) in [5, 5.41) is 16.1. The molecule has 0 rings (SSSR count). The molecule has 18 heavy (non-hydrogen) atoms. The van der Waals surface area contributed by atoms with Crippen molar-refractivity contribution in [3.05, 3.63) is 6.92 Å². The van der Waals surface area contributed by atoms with Gasteiger partial charge in [0.1, 0.15) is 0 Å². The molecule has 0 bridgehead atoms. The van der Waals surface area contributed by atoms with Crippen molar-refractivity contribution in [1.29, 1.82) is 0 Å². The topological polar surface area (TPSA) is 40.5 Å². The molecule has 2 N–H and O–H groups in total. The molecule has 0 unspecified atom stereocenters. The summed E-state index contributed by atoms with van der Waals surface area (Å²) in [7, 11) is 0. The molecule has 0 fully saturated rings. The second kappa shape index (κ2) is 19.7. The first kappa shape index (κ1) is 26.9. The smallest absolute Gasteiger partial charge is 0.0878 e. The second-order valence-electron chi connectivity index (χ2n) is 5.64. The number of hydrogen-bond acceptors (Lipinski definition) is 2. The van der Waals surface area contributed by atoms with Crippen LogP contribution in [-0.2, 0) is 19.2 Å². The van der Waals surface area contributed by atoms with Crippen molar-refractivity contribution >= 4 is 0 Å². The molecule has 0 aromatic heterocycles. The van der Waals surface area contributed by atoms with Gasteiger partial charge >= 0.3 is 43.1 Å². The van der Waals surface area contributed by atoms with E-state index < -0.39 is 0 Å². The number of aliphatic hydroxyl groups is 2. The Morgan fingerprint density at radius 3 is 1.22 bits per heavy atom. The Labute approximate surface area is 126 Å². The Balaban J connectivity index is -0.0000000731. The van der Waals surface area contributed by atoms with Gasteiger partial charge in [0.05, 0.1) is 0 Å². The van der Waals surface area contributed by atoms with Crippen LogP contribution in [-0.4, -0.2) is 22.4 Å². The minimum Gasteiger partial charge on any atom is -0.338 e. The molecule has 0 radical (unpaired) electrons. The summed E-state index contributed by atoms with van der Waals surface area (Å²) in [6, 6.07) is 0. The van der Waals surface area contributed by atoms with Crippen LogP contribution in [0.4, 0.5) is 0 Å². The molecular weight excluding hydrogens is 396 g/mol. The average molecular weight is 430 g/mol. The normalized spacial score (nSPS) is 9.11. The van der Waals surface area contributed by atoms with E-state index in [-0.39, 0.29) is 17.6 Å². The summed E-state index contributed by atoms with van der Waals surface area (Å²) >= 11 is 1.47. The zero-order valence-corrected chi connectivity index (χ0v) is 16.5. The van der Waals surface area contributed by atoms with E-state index in [0.717, 1.165) is 0 Å². The summed E-state index contributed by atoms with van der Waals surface area (Å²) in [5.41, 5.74) is 0.250. The van der Waals surface area contributed by atoms with E-state index in [1.54, 1.807) is 27.7 Å². The molecule has 0 saturated heterocycles. The van der Waals surface area contributed by atoms with Crippen LogP contribution in [0.3, 0.4) is 0 Å². The van der Waals surface area contributed by atoms with Crippen molar-refractivity contribution in [3.8, 4) is 4.20 Å². The Morgan fingerprint density at radius 1 is 1.06 bits per heavy atom. The predicted molar refractivity (Wildman–Crippen MR) is 78.3 cm³/mol. The van der Waals surface area contributed by atoms with Crippen molar-refractivity contribution in [3.63, 3.8) is 0 Å². The Morgan fingerprint density at radius 2 is 1.22 bits per heavy atom. The molecule has 2 nitrogen and oxygen atoms in total. The number of hydrogen-bond donors (Lipinski definition) is 2. The predicted octanol–water partition coefficient (Wildman–Crippen LogP) is 3.93. The monoisotopic (exact) mass is 430 g/mol. The maximum absolute atomic E-state index is 8.06. The third kappa shape index (κ3) is 680. The molecule has 112 valence electrons. The third-order valence-corrected chi connectivity index (χ3v) is 1.09. The average Bonchev–Trinajstić information content (AvgIpc) is 1.99. The summed E-state index contributed by atoms with van der Waals surface area (Å²) < 4.78 is 3.10. The van der Waals surface area contributed by atoms with Gasteiger partial charge in [0.2, 0.25) is 0 Å². The van der Waals surface area contributed by atoms with E-state index in [0.29, 0.717) is 0 Å². The second-order valence-corrected chi connectivity index (χ2v) is 6.68. The van der Waals surface area contributed by atoms with Crippen molar-refractivity contribution in [2.45, 2.75) is 80.4 Å². The Bertz CT molecular complexity index is 147. The first-order valence-electron chi connectivity index (χ1n) is 6.44. The van der Waals surface area contributed by atoms with Gasteiger partial charge in [-0.3, -0.25) is 0 Å². The minimum absolute atomic E-state index is 0.167. The van der Waals surface area contributed by atoms with Crippen molar-refractivity contribution in [2.75, 3.05) is 0 Å². The van der Waals surface area contributed by atoms with Gasteiger partial charge in [-0.15, -0.1) is 0 Å². The molecule has 0 aliphatic heterocycles. The molecule has 0 atom stereocenters. The van der Waals surface area contributed by atoms with E-state index in [1.807, 2.05) is 0 Å². The van der Waals surface area contributed by atoms with Crippen molar-refractivity contribution in [1.82, 2.24) is 0 Å². The van der Waals surface area contributed by atoms with Crippen LogP contribution in [0.15, 0.2) is 0 Å². The number of rotatable bonds is 1. The molecule has 3 heteroatoms. The SMILES string of the molecule is CC(C)O.CC(C)O.CCC[C]#[W+].[CH2-]C(C)(C)C. The fourth-order valence-corrected chi connectivity index (χ4v) is 0.835. The maximum atomic E-state index is 8.06. The standard InChI is InChI=1S/C5H11.C4H7.2C3H8O.W/c1-5(2,3)4;1-3-4-2;2*1-3(2)4;/h1H2,2-4H3;3-4H2,1H3;2*3-4H,1-2H3;/q-1;;;;+1. The van der Waals surface area contributed by atoms with Crippen LogP contribution in [0.5, 0.6) is 0 Å². The quantitative estimate of drug-likeness (QED) is 0.619. The Hall–Kier alpha value is 0.388. The van der Waals surface area contributed by atoms with Gasteiger partial charge in [0, 0.05) is 12.2 Å². The molecule has 0 amide bonds. The van der Waals surface area contributed by atoms with Crippen LogP contribution in [0, 0.1) is 16.5 Å². The van der Waals surface area contributed by atoms with E-state index in [9.17, 15) is 0 Å². The van der Waals surface area contributed by atoms with Gasteiger partial charge in [-0.1, -0.05) is 20.8 Å². The van der Waals surface area contributed by atoms with Gasteiger partial charge in [-0.25, -0.2) is 0 Å². The number of unbranched alkanes of at least 4 members (excludes halogenated alkanes) is 1. The third-order valence-electron chi connectivity index (χ3n) is 0.352. The van der Waals surface area contributed by atoms with Gasteiger partial charge in [-0.05, 0) is 27.7 Å². The number of aliphatic hydroxyl groups excluding tert-OH is 2. The summed E-state index contributed by atoms with van der Waals surface area (Å²) in [6.45, 7) is 19.1. The van der Waals surface area contributed by atoms with Crippen molar-refractivity contribution in [2.24, 2.45) is 5.41 Å². The van der Waals surface area contributed by atoms with E-state index in [2.05, 4.69) is 38.8 Å². The maximum Gasteiger partial charge on any atom is -0.0878 e. The summed E-state index contributed by atoms with van der Waals surface area (Å²) in [5.74, 6) is 0. The van der Waals surface area contributed by atoms with Gasteiger partial charge in [0.15, 0.2) is 0 Å². The van der Waals surface area contributed by atoms with E-state index in [4.69, 9.17) is 10.2 Å². The molecule has 0 heterocycles. The molecule has 0 aliphatic rings. The van der Waals surface area contributed by atoms with Crippen LogP contribution in [0.25, 0.3) is 0 Å². The molecule has 0 aliphatic carbocycles. The molecule has 0 saturated carbocycles. The fourth-order valence-electron chi connectivity index (χ4n) is 0.102. The molecule has 0 aromatic rings. The fraction of sp³-hybridized carbons (Fsp3) is 0.867. The summed E-state index contributed by atoms with van der Waals surface area (Å²) in [6.07, 6.45) is 2.10. The van der Waals surface area contributed by atoms with E-state index >= 15 is 0 Å². The summed E-state index contributed by atoms with van der Waals surface area (Å²) in [4.78, 5) is 0. The first-order valence-corrected chi connectivity index (χ1v) is 7.91. The largest absolute Gasteiger partial charge is 0.338 e. The van der Waals surface area contributed by atoms with Gasteiger partial charge < -0.3 is 17.1 Å². The van der Waals surface area contributed by atoms with Crippen LogP contribution < -0.4 is 0 Å². The zero-order chi connectivity index (χ0) is 15.8. The van der Waals surface area contributed by atoms with Crippen molar-refractivity contribution < 1.29 is 29.4 Å². The Kier molecular flexibility index (Phi) is 29.4. The van der Waals surface area contributed by atoms with Crippen LogP contribution >= 0.6 is 0 Å². The minimum atomic E-state index is -0.167. The molecule has 0 spiro atoms. The zero-order valence-electron chi connectivity index (χ0n) is 13.6. The molecule has 0 aromatic carbocycles. The van der Waals surface area contributed by atoms with Crippen LogP contribution in [0.1, 0.15) is 68.2 Å². The van der Waals surface area contributed by atoms with E-state index in [1.165, 1.54) is 32.0 Å². The van der Waals surface area contributed by atoms with Gasteiger partial charge in [0.25, 0.3) is 0 Å². The molecular formula is C15H34O2W. The van der Waals surface area contributed by atoms with Crippen LogP contribution in [0.2, 0.25) is 0 Å². The first-order chi connectivity index (χ1) is 7.88.